The molecular weight excluding hydrogens is 432 g/mol. The predicted octanol–water partition coefficient (Wildman–Crippen LogP) is 2.46. The zero-order chi connectivity index (χ0) is 24.4. The van der Waals surface area contributed by atoms with Crippen molar-refractivity contribution in [3.8, 4) is 23.7 Å². The molecule has 0 spiro atoms. The van der Waals surface area contributed by atoms with E-state index in [1.54, 1.807) is 27.8 Å². The number of carbonyl (C=O) groups is 2. The van der Waals surface area contributed by atoms with Crippen LogP contribution in [0.4, 0.5) is 5.82 Å². The number of fused-ring (bicyclic) bond motifs is 1. The number of amides is 1. The summed E-state index contributed by atoms with van der Waals surface area (Å²) in [6.07, 6.45) is 3.37. The lowest BCUT2D eigenvalue weighted by atomic mass is 10.1. The largest absolute Gasteiger partial charge is 0.497 e. The molecule has 4 rings (SSSR count). The summed E-state index contributed by atoms with van der Waals surface area (Å²) in [5.74, 6) is 6.41. The van der Waals surface area contributed by atoms with E-state index in [1.807, 2.05) is 0 Å². The number of aromatic nitrogens is 3. The van der Waals surface area contributed by atoms with Gasteiger partial charge in [-0.15, -0.1) is 0 Å². The molecule has 2 N–H and O–H groups in total. The van der Waals surface area contributed by atoms with Gasteiger partial charge in [-0.3, -0.25) is 14.3 Å². The van der Waals surface area contributed by atoms with Gasteiger partial charge in [0.05, 0.1) is 35.2 Å². The van der Waals surface area contributed by atoms with Crippen LogP contribution in [0.1, 0.15) is 46.6 Å². The van der Waals surface area contributed by atoms with Crippen LogP contribution < -0.4 is 10.5 Å². The number of methoxy groups -OCH3 is 1. The minimum Gasteiger partial charge on any atom is -0.497 e. The molecule has 1 aliphatic rings. The molecule has 1 atom stereocenters. The van der Waals surface area contributed by atoms with Crippen LogP contribution in [-0.2, 0) is 4.79 Å². The maximum absolute atomic E-state index is 12.4. The molecule has 9 nitrogen and oxygen atoms in total. The van der Waals surface area contributed by atoms with Crippen LogP contribution >= 0.6 is 0 Å². The Bertz CT molecular complexity index is 1440. The molecule has 1 aromatic carbocycles. The third-order valence-corrected chi connectivity index (χ3v) is 5.79. The monoisotopic (exact) mass is 454 g/mol. The first kappa shape index (κ1) is 22.6. The highest BCUT2D eigenvalue weighted by molar-refractivity contribution is 6.09. The minimum absolute atomic E-state index is 0.157. The van der Waals surface area contributed by atoms with Gasteiger partial charge in [-0.25, -0.2) is 4.98 Å². The summed E-state index contributed by atoms with van der Waals surface area (Å²) in [5.41, 5.74) is 8.33. The van der Waals surface area contributed by atoms with Crippen molar-refractivity contribution in [1.82, 2.24) is 19.7 Å². The van der Waals surface area contributed by atoms with Crippen LogP contribution in [-0.4, -0.2) is 51.6 Å². The van der Waals surface area contributed by atoms with E-state index in [1.165, 1.54) is 26.3 Å². The van der Waals surface area contributed by atoms with E-state index in [0.29, 0.717) is 58.5 Å². The number of benzene rings is 1. The van der Waals surface area contributed by atoms with E-state index in [-0.39, 0.29) is 23.6 Å². The quantitative estimate of drug-likeness (QED) is 0.364. The highest BCUT2D eigenvalue weighted by atomic mass is 16.5. The molecule has 3 aromatic rings. The summed E-state index contributed by atoms with van der Waals surface area (Å²) in [4.78, 5) is 30.4. The van der Waals surface area contributed by atoms with Crippen molar-refractivity contribution in [2.45, 2.75) is 19.4 Å². The number of ketones is 1. The number of anilines is 1. The van der Waals surface area contributed by atoms with Crippen molar-refractivity contribution in [3.05, 3.63) is 59.4 Å². The number of carbonyl (C=O) groups excluding carboxylic acids is 2. The normalized spacial score (nSPS) is 14.9. The van der Waals surface area contributed by atoms with Crippen LogP contribution in [0.5, 0.6) is 5.75 Å². The van der Waals surface area contributed by atoms with Gasteiger partial charge in [0, 0.05) is 24.8 Å². The van der Waals surface area contributed by atoms with Crippen LogP contribution in [0.3, 0.4) is 0 Å². The average Bonchev–Trinajstić information content (AvgIpc) is 3.48. The van der Waals surface area contributed by atoms with Crippen LogP contribution in [0.25, 0.3) is 10.9 Å². The summed E-state index contributed by atoms with van der Waals surface area (Å²) in [6, 6.07) is 6.96. The molecular formula is C25H22N6O3. The Hall–Kier alpha value is -4.63. The maximum Gasteiger partial charge on any atom is 0.246 e. The van der Waals surface area contributed by atoms with Crippen LogP contribution in [0, 0.1) is 23.2 Å². The van der Waals surface area contributed by atoms with E-state index in [2.05, 4.69) is 29.5 Å². The Morgan fingerprint density at radius 3 is 2.79 bits per heavy atom. The Labute approximate surface area is 196 Å². The number of rotatable bonds is 4. The topological polar surface area (TPSA) is 127 Å². The summed E-state index contributed by atoms with van der Waals surface area (Å²) in [7, 11) is 1.52. The zero-order valence-corrected chi connectivity index (χ0v) is 18.8. The predicted molar refractivity (Wildman–Crippen MR) is 126 cm³/mol. The molecule has 1 aliphatic heterocycles. The van der Waals surface area contributed by atoms with Crippen molar-refractivity contribution in [2.24, 2.45) is 0 Å². The maximum atomic E-state index is 12.4. The fraction of sp³-hybridized carbons (Fsp3) is 0.240. The molecule has 1 unspecified atom stereocenters. The van der Waals surface area contributed by atoms with E-state index < -0.39 is 0 Å². The lowest BCUT2D eigenvalue weighted by Gasteiger charge is -2.16. The number of nitrogen functional groups attached to an aromatic ring is 1. The van der Waals surface area contributed by atoms with Gasteiger partial charge < -0.3 is 15.4 Å². The van der Waals surface area contributed by atoms with E-state index >= 15 is 0 Å². The number of hydrogen-bond acceptors (Lipinski definition) is 7. The molecule has 1 amide bonds. The Balaban J connectivity index is 1.87. The number of nitriles is 1. The highest BCUT2D eigenvalue weighted by Gasteiger charge is 2.30. The van der Waals surface area contributed by atoms with Gasteiger partial charge in [-0.1, -0.05) is 12.5 Å². The summed E-state index contributed by atoms with van der Waals surface area (Å²) in [5, 5.41) is 14.7. The number of nitrogens with zero attached hydrogens (tertiary/aromatic N) is 5. The fourth-order valence-corrected chi connectivity index (χ4v) is 4.05. The van der Waals surface area contributed by atoms with E-state index in [0.717, 1.165) is 0 Å². The Morgan fingerprint density at radius 1 is 1.32 bits per heavy atom. The first-order valence-electron chi connectivity index (χ1n) is 10.6. The van der Waals surface area contributed by atoms with Crippen molar-refractivity contribution in [2.75, 3.05) is 25.9 Å². The van der Waals surface area contributed by atoms with Gasteiger partial charge in [0.2, 0.25) is 5.91 Å². The molecule has 34 heavy (non-hydrogen) atoms. The smallest absolute Gasteiger partial charge is 0.246 e. The lowest BCUT2D eigenvalue weighted by molar-refractivity contribution is -0.125. The second kappa shape index (κ2) is 9.08. The summed E-state index contributed by atoms with van der Waals surface area (Å²) in [6.45, 7) is 5.97. The van der Waals surface area contributed by atoms with Gasteiger partial charge in [0.15, 0.2) is 5.78 Å². The summed E-state index contributed by atoms with van der Waals surface area (Å²) >= 11 is 0. The molecule has 1 fully saturated rings. The third-order valence-electron chi connectivity index (χ3n) is 5.79. The van der Waals surface area contributed by atoms with Gasteiger partial charge in [0.1, 0.15) is 23.3 Å². The van der Waals surface area contributed by atoms with Crippen LogP contribution in [0.2, 0.25) is 0 Å². The minimum atomic E-state index is -0.183. The van der Waals surface area contributed by atoms with E-state index in [9.17, 15) is 14.9 Å². The number of pyridine rings is 1. The van der Waals surface area contributed by atoms with E-state index in [4.69, 9.17) is 15.6 Å². The first-order valence-corrected chi connectivity index (χ1v) is 10.6. The first-order chi connectivity index (χ1) is 16.4. The highest BCUT2D eigenvalue weighted by Crippen LogP contribution is 2.32. The van der Waals surface area contributed by atoms with Gasteiger partial charge in [0.25, 0.3) is 0 Å². The lowest BCUT2D eigenvalue weighted by Crippen LogP contribution is -2.27. The molecule has 170 valence electrons. The van der Waals surface area contributed by atoms with Gasteiger partial charge >= 0.3 is 0 Å². The molecule has 0 bridgehead atoms. The summed E-state index contributed by atoms with van der Waals surface area (Å²) < 4.78 is 6.90. The van der Waals surface area contributed by atoms with Crippen molar-refractivity contribution >= 4 is 28.4 Å². The second-order valence-electron chi connectivity index (χ2n) is 7.83. The molecule has 2 aromatic heterocycles. The number of nitrogens with two attached hydrogens (primary N) is 1. The molecule has 0 aliphatic carbocycles. The Kier molecular flexibility index (Phi) is 6.03. The second-order valence-corrected chi connectivity index (χ2v) is 7.83. The third kappa shape index (κ3) is 3.96. The molecule has 9 heteroatoms. The number of ether oxygens (including phenoxy) is 1. The standard InChI is InChI=1S/C25H22N6O3/c1-4-22(33)30-10-9-18(14-30)31-24-20(15(2)32)13-28-25(27)23(24)21(29-31)8-6-16-5-7-19(34-3)11-17(16)12-26/h4-5,7,11,13,18H,1,9-10,14H2,2-3H3,(H2,27,28). The number of Topliss-reactive ketones (excluding diaryl/α,β-unsaturated/α-hetero) is 1. The SMILES string of the molecule is C=CC(=O)N1CCC(n2nc(C#Cc3ccc(OC)cc3C#N)c3c(N)ncc(C(C)=O)c32)C1. The van der Waals surface area contributed by atoms with Gasteiger partial charge in [-0.05, 0) is 43.5 Å². The van der Waals surface area contributed by atoms with Crippen molar-refractivity contribution in [3.63, 3.8) is 0 Å². The van der Waals surface area contributed by atoms with Crippen LogP contribution in [0.15, 0.2) is 37.1 Å². The fourth-order valence-electron chi connectivity index (χ4n) is 4.05. The average molecular weight is 454 g/mol. The molecule has 3 heterocycles. The number of hydrogen-bond donors (Lipinski definition) is 1. The number of likely N-dealkylation sites (tertiary alicyclic amines) is 1. The molecule has 0 radical (unpaired) electrons. The Morgan fingerprint density at radius 2 is 2.12 bits per heavy atom. The molecule has 1 saturated heterocycles. The zero-order valence-electron chi connectivity index (χ0n) is 18.8. The van der Waals surface area contributed by atoms with Gasteiger partial charge in [-0.2, -0.15) is 10.4 Å². The molecule has 0 saturated carbocycles. The van der Waals surface area contributed by atoms with Crippen molar-refractivity contribution < 1.29 is 14.3 Å². The van der Waals surface area contributed by atoms with Crippen molar-refractivity contribution in [1.29, 1.82) is 5.26 Å².